The van der Waals surface area contributed by atoms with Gasteiger partial charge < -0.3 is 9.64 Å². The second-order valence-corrected chi connectivity index (χ2v) is 11.8. The first-order valence-corrected chi connectivity index (χ1v) is 10.9. The minimum atomic E-state index is -1.12. The van der Waals surface area contributed by atoms with Crippen LogP contribution in [0.1, 0.15) is 32.6 Å². The third-order valence-corrected chi connectivity index (χ3v) is 4.74. The summed E-state index contributed by atoms with van der Waals surface area (Å²) in [6.07, 6.45) is 2.43. The molecule has 0 spiro atoms. The Morgan fingerprint density at radius 3 is 2.21 bits per heavy atom. The molecule has 0 saturated heterocycles. The van der Waals surface area contributed by atoms with Crippen LogP contribution in [0.2, 0.25) is 25.7 Å². The Morgan fingerprint density at radius 2 is 1.68 bits per heavy atom. The molecule has 0 bridgehead atoms. The molecule has 0 aliphatic rings. The van der Waals surface area contributed by atoms with Crippen LogP contribution in [0.3, 0.4) is 0 Å². The van der Waals surface area contributed by atoms with Crippen molar-refractivity contribution in [2.75, 3.05) is 20.2 Å². The normalized spacial score (nSPS) is 11.2. The van der Waals surface area contributed by atoms with Gasteiger partial charge in [-0.1, -0.05) is 19.6 Å². The molecule has 0 unspecified atom stereocenters. The maximum atomic E-state index is 11.5. The summed E-state index contributed by atoms with van der Waals surface area (Å²) in [6.45, 7) is 10.0. The zero-order valence-corrected chi connectivity index (χ0v) is 14.1. The lowest BCUT2D eigenvalue weighted by Gasteiger charge is -2.15. The van der Waals surface area contributed by atoms with E-state index >= 15 is 0 Å². The number of nitrogens with zero attached hydrogens (tertiary/aromatic N) is 1. The molecule has 112 valence electrons. The first-order valence-electron chi connectivity index (χ1n) is 7.16. The molecule has 0 rings (SSSR count). The Labute approximate surface area is 118 Å². The van der Waals surface area contributed by atoms with E-state index in [1.807, 2.05) is 6.92 Å². The van der Waals surface area contributed by atoms with Gasteiger partial charge in [0, 0.05) is 34.5 Å². The summed E-state index contributed by atoms with van der Waals surface area (Å²) in [5.74, 6) is 0.0177. The summed E-state index contributed by atoms with van der Waals surface area (Å²) in [4.78, 5) is 24.7. The van der Waals surface area contributed by atoms with Gasteiger partial charge in [0.25, 0.3) is 0 Å². The molecule has 0 heterocycles. The molecular weight excluding hydrogens is 258 g/mol. The minimum Gasteiger partial charge on any atom is -0.466 e. The summed E-state index contributed by atoms with van der Waals surface area (Å²) in [7, 11) is 0.677. The number of hydrogen-bond acceptors (Lipinski definition) is 3. The quantitative estimate of drug-likeness (QED) is 0.372. The standard InChI is InChI=1S/C14H29NO3Si/c1-6-15(2)13(16)9-7-8-10-14(17)18-11-12-19(3,4)5/h6-12H2,1-5H3. The van der Waals surface area contributed by atoms with E-state index in [2.05, 4.69) is 19.6 Å². The van der Waals surface area contributed by atoms with Crippen LogP contribution in [-0.2, 0) is 14.3 Å². The van der Waals surface area contributed by atoms with Crippen LogP contribution in [-0.4, -0.2) is 45.0 Å². The van der Waals surface area contributed by atoms with E-state index in [0.717, 1.165) is 25.4 Å². The second kappa shape index (κ2) is 9.12. The monoisotopic (exact) mass is 287 g/mol. The number of carbonyl (C=O) groups is 2. The lowest BCUT2D eigenvalue weighted by molar-refractivity contribution is -0.143. The van der Waals surface area contributed by atoms with Crippen LogP contribution in [0, 0.1) is 0 Å². The first-order chi connectivity index (χ1) is 8.76. The third-order valence-electron chi connectivity index (χ3n) is 3.04. The summed E-state index contributed by atoms with van der Waals surface area (Å²) in [5.41, 5.74) is 0. The van der Waals surface area contributed by atoms with Crippen molar-refractivity contribution in [1.82, 2.24) is 4.90 Å². The Bertz CT molecular complexity index is 287. The molecule has 19 heavy (non-hydrogen) atoms. The highest BCUT2D eigenvalue weighted by atomic mass is 28.3. The van der Waals surface area contributed by atoms with Gasteiger partial charge in [0.05, 0.1) is 6.61 Å². The van der Waals surface area contributed by atoms with E-state index in [1.165, 1.54) is 0 Å². The van der Waals surface area contributed by atoms with Gasteiger partial charge in [0.2, 0.25) is 5.91 Å². The van der Waals surface area contributed by atoms with Gasteiger partial charge in [-0.3, -0.25) is 9.59 Å². The molecular formula is C14H29NO3Si. The molecule has 0 saturated carbocycles. The van der Waals surface area contributed by atoms with E-state index in [-0.39, 0.29) is 11.9 Å². The fourth-order valence-electron chi connectivity index (χ4n) is 1.46. The van der Waals surface area contributed by atoms with Crippen molar-refractivity contribution in [2.45, 2.75) is 58.3 Å². The van der Waals surface area contributed by atoms with Crippen molar-refractivity contribution in [3.8, 4) is 0 Å². The van der Waals surface area contributed by atoms with Crippen LogP contribution in [0.25, 0.3) is 0 Å². The molecule has 0 aromatic carbocycles. The minimum absolute atomic E-state index is 0.130. The van der Waals surface area contributed by atoms with Gasteiger partial charge in [-0.25, -0.2) is 0 Å². The summed E-state index contributed by atoms with van der Waals surface area (Å²) >= 11 is 0. The Kier molecular flexibility index (Phi) is 8.72. The number of hydrogen-bond donors (Lipinski definition) is 0. The lowest BCUT2D eigenvalue weighted by Crippen LogP contribution is -2.25. The Balaban J connectivity index is 3.57. The summed E-state index contributed by atoms with van der Waals surface area (Å²) in [6, 6.07) is 1.01. The molecule has 0 aromatic heterocycles. The molecule has 0 N–H and O–H groups in total. The molecule has 0 aliphatic carbocycles. The van der Waals surface area contributed by atoms with Crippen molar-refractivity contribution >= 4 is 20.0 Å². The van der Waals surface area contributed by atoms with Gasteiger partial charge in [0.15, 0.2) is 0 Å². The molecule has 0 atom stereocenters. The Hall–Kier alpha value is -0.843. The third kappa shape index (κ3) is 10.7. The number of carbonyl (C=O) groups excluding carboxylic acids is 2. The lowest BCUT2D eigenvalue weighted by atomic mass is 10.2. The van der Waals surface area contributed by atoms with Gasteiger partial charge in [-0.2, -0.15) is 0 Å². The van der Waals surface area contributed by atoms with Crippen molar-refractivity contribution in [3.63, 3.8) is 0 Å². The molecule has 0 aromatic rings. The largest absolute Gasteiger partial charge is 0.466 e. The zero-order valence-electron chi connectivity index (χ0n) is 13.1. The predicted molar refractivity (Wildman–Crippen MR) is 80.9 cm³/mol. The predicted octanol–water partition coefficient (Wildman–Crippen LogP) is 2.91. The Morgan fingerprint density at radius 1 is 1.11 bits per heavy atom. The molecule has 5 heteroatoms. The van der Waals surface area contributed by atoms with Gasteiger partial charge in [-0.15, -0.1) is 0 Å². The van der Waals surface area contributed by atoms with Crippen LogP contribution in [0.4, 0.5) is 0 Å². The molecule has 0 radical (unpaired) electrons. The van der Waals surface area contributed by atoms with Gasteiger partial charge in [-0.05, 0) is 25.8 Å². The van der Waals surface area contributed by atoms with E-state index in [4.69, 9.17) is 4.74 Å². The molecule has 1 amide bonds. The van der Waals surface area contributed by atoms with Crippen LogP contribution < -0.4 is 0 Å². The zero-order chi connectivity index (χ0) is 14.9. The number of esters is 1. The van der Waals surface area contributed by atoms with Gasteiger partial charge in [0.1, 0.15) is 0 Å². The first kappa shape index (κ1) is 18.2. The molecule has 4 nitrogen and oxygen atoms in total. The molecule has 0 fully saturated rings. The van der Waals surface area contributed by atoms with E-state index < -0.39 is 8.07 Å². The van der Waals surface area contributed by atoms with Crippen LogP contribution >= 0.6 is 0 Å². The van der Waals surface area contributed by atoms with Crippen molar-refractivity contribution in [2.24, 2.45) is 0 Å². The number of unbranched alkanes of at least 4 members (excludes halogenated alkanes) is 1. The molecule has 0 aliphatic heterocycles. The van der Waals surface area contributed by atoms with Crippen LogP contribution in [0.15, 0.2) is 0 Å². The van der Waals surface area contributed by atoms with Crippen molar-refractivity contribution in [1.29, 1.82) is 0 Å². The van der Waals surface area contributed by atoms with Crippen molar-refractivity contribution in [3.05, 3.63) is 0 Å². The average Bonchev–Trinajstić information content (AvgIpc) is 2.31. The maximum absolute atomic E-state index is 11.5. The van der Waals surface area contributed by atoms with Crippen LogP contribution in [0.5, 0.6) is 0 Å². The number of rotatable bonds is 9. The summed E-state index contributed by atoms with van der Waals surface area (Å²) < 4.78 is 5.19. The fourth-order valence-corrected chi connectivity index (χ4v) is 2.17. The van der Waals surface area contributed by atoms with Crippen molar-refractivity contribution < 1.29 is 14.3 Å². The maximum Gasteiger partial charge on any atom is 0.305 e. The number of amides is 1. The highest BCUT2D eigenvalue weighted by Gasteiger charge is 2.14. The fraction of sp³-hybridized carbons (Fsp3) is 0.857. The number of ether oxygens (including phenoxy) is 1. The second-order valence-electron chi connectivity index (χ2n) is 6.15. The SMILES string of the molecule is CCN(C)C(=O)CCCCC(=O)OCC[Si](C)(C)C. The topological polar surface area (TPSA) is 46.6 Å². The van der Waals surface area contributed by atoms with Gasteiger partial charge >= 0.3 is 5.97 Å². The van der Waals surface area contributed by atoms with E-state index in [0.29, 0.717) is 19.4 Å². The summed E-state index contributed by atoms with van der Waals surface area (Å²) in [5, 5.41) is 0. The van der Waals surface area contributed by atoms with E-state index in [9.17, 15) is 9.59 Å². The van der Waals surface area contributed by atoms with E-state index in [1.54, 1.807) is 11.9 Å². The highest BCUT2D eigenvalue weighted by molar-refractivity contribution is 6.76. The highest BCUT2D eigenvalue weighted by Crippen LogP contribution is 2.09. The smallest absolute Gasteiger partial charge is 0.305 e. The average molecular weight is 287 g/mol.